The third kappa shape index (κ3) is 8.57. The van der Waals surface area contributed by atoms with Crippen molar-refractivity contribution in [3.8, 4) is 5.75 Å². The van der Waals surface area contributed by atoms with Crippen LogP contribution in [-0.2, 0) is 22.7 Å². The van der Waals surface area contributed by atoms with E-state index in [9.17, 15) is 14.4 Å². The zero-order chi connectivity index (χ0) is 39.6. The number of carbonyl (C=O) groups is 3. The second kappa shape index (κ2) is 17.0. The van der Waals surface area contributed by atoms with Gasteiger partial charge in [0.05, 0.1) is 19.0 Å². The van der Waals surface area contributed by atoms with E-state index < -0.39 is 6.04 Å². The molecule has 4 aromatic rings. The minimum Gasteiger partial charge on any atom is -0.494 e. The highest BCUT2D eigenvalue weighted by Crippen LogP contribution is 2.35. The monoisotopic (exact) mass is 809 g/mol. The smallest absolute Gasteiger partial charge is 0.255 e. The number of nitrogens with zero attached hydrogens (tertiary/aromatic N) is 6. The minimum absolute atomic E-state index is 0.130. The molecule has 15 heteroatoms. The molecule has 3 saturated heterocycles. The summed E-state index contributed by atoms with van der Waals surface area (Å²) in [5.41, 5.74) is 5.68. The molecule has 1 atom stereocenters. The number of benzene rings is 3. The number of hydrogen-bond acceptors (Lipinski definition) is 11. The first kappa shape index (κ1) is 39.0. The van der Waals surface area contributed by atoms with E-state index in [1.54, 1.807) is 18.2 Å². The molecule has 0 saturated carbocycles. The van der Waals surface area contributed by atoms with Gasteiger partial charge in [-0.05, 0) is 73.3 Å². The van der Waals surface area contributed by atoms with Gasteiger partial charge in [-0.15, -0.1) is 0 Å². The molecule has 57 heavy (non-hydrogen) atoms. The second-order valence-corrected chi connectivity index (χ2v) is 18.0. The summed E-state index contributed by atoms with van der Waals surface area (Å²) in [6.07, 6.45) is 4.43. The van der Waals surface area contributed by atoms with E-state index in [0.29, 0.717) is 47.1 Å². The summed E-state index contributed by atoms with van der Waals surface area (Å²) < 4.78 is 5.83. The van der Waals surface area contributed by atoms with Crippen LogP contribution in [0.4, 0.5) is 28.8 Å². The molecule has 3 aromatic carbocycles. The number of piperazine rings is 1. The maximum Gasteiger partial charge on any atom is 0.255 e. The molecule has 3 amide bonds. The number of anilines is 5. The number of hydrogen-bond donors (Lipinski definition) is 3. The quantitative estimate of drug-likeness (QED) is 0.130. The van der Waals surface area contributed by atoms with Gasteiger partial charge in [0.25, 0.3) is 5.91 Å². The normalized spacial score (nSPS) is 19.5. The first-order valence-corrected chi connectivity index (χ1v) is 22.2. The molecule has 298 valence electrons. The van der Waals surface area contributed by atoms with Crippen molar-refractivity contribution in [1.82, 2.24) is 30.0 Å². The van der Waals surface area contributed by atoms with E-state index in [1.807, 2.05) is 36.4 Å². The van der Waals surface area contributed by atoms with Gasteiger partial charge in [0.2, 0.25) is 17.8 Å². The number of aromatic nitrogens is 2. The van der Waals surface area contributed by atoms with Crippen LogP contribution in [0, 0.1) is 0 Å². The van der Waals surface area contributed by atoms with E-state index in [-0.39, 0.29) is 32.1 Å². The van der Waals surface area contributed by atoms with Crippen LogP contribution < -0.4 is 30.9 Å². The van der Waals surface area contributed by atoms with Crippen LogP contribution in [0.25, 0.3) is 0 Å². The number of para-hydroxylation sites is 1. The van der Waals surface area contributed by atoms with E-state index in [4.69, 9.17) is 21.3 Å². The zero-order valence-corrected chi connectivity index (χ0v) is 34.3. The van der Waals surface area contributed by atoms with Crippen molar-refractivity contribution in [3.05, 3.63) is 88.6 Å². The number of nitrogens with one attached hydrogen (secondary N) is 3. The number of amides is 3. The number of fused-ring (bicyclic) bond motifs is 1. The summed E-state index contributed by atoms with van der Waals surface area (Å²) in [4.78, 5) is 55.5. The minimum atomic E-state index is -0.593. The second-order valence-electron chi connectivity index (χ2n) is 15.4. The van der Waals surface area contributed by atoms with Crippen molar-refractivity contribution in [2.24, 2.45) is 0 Å². The predicted octanol–water partition coefficient (Wildman–Crippen LogP) is 5.54. The fourth-order valence-electron chi connectivity index (χ4n) is 8.47. The Balaban J connectivity index is 0.822. The lowest BCUT2D eigenvalue weighted by Gasteiger charge is -2.43. The Kier molecular flexibility index (Phi) is 11.6. The molecule has 0 radical (unpaired) electrons. The van der Waals surface area contributed by atoms with E-state index in [1.165, 1.54) is 10.9 Å². The number of ether oxygens (including phenoxy) is 1. The van der Waals surface area contributed by atoms with Crippen LogP contribution in [0.3, 0.4) is 0 Å². The molecule has 3 N–H and O–H groups in total. The third-order valence-corrected chi connectivity index (χ3v) is 13.2. The molecule has 4 aliphatic rings. The summed E-state index contributed by atoms with van der Waals surface area (Å²) in [6.45, 7) is 11.7. The van der Waals surface area contributed by atoms with Gasteiger partial charge in [0.1, 0.15) is 16.8 Å². The Bertz CT molecular complexity index is 2160. The number of imide groups is 1. The maximum atomic E-state index is 13.1. The van der Waals surface area contributed by atoms with Crippen molar-refractivity contribution in [2.75, 3.05) is 75.2 Å². The highest BCUT2D eigenvalue weighted by atomic mass is 35.5. The highest BCUT2D eigenvalue weighted by molar-refractivity contribution is 7.64. The first-order chi connectivity index (χ1) is 27.6. The summed E-state index contributed by atoms with van der Waals surface area (Å²) >= 11 is 6.52. The molecule has 0 aliphatic carbocycles. The molecule has 8 rings (SSSR count). The Labute approximate surface area is 339 Å². The molecule has 1 unspecified atom stereocenters. The van der Waals surface area contributed by atoms with Crippen LogP contribution in [0.2, 0.25) is 5.02 Å². The SMILES string of the molecule is COc1cc(N2CCC(N3CCN(Cc4ccc5c(c4)CN(C4CCC(=O)NC4=O)C5=O)CC3)CC2)ccc1Nc1ncc(Cl)c(Nc2ccccc2P(C)C)n1. The van der Waals surface area contributed by atoms with Crippen LogP contribution in [0.5, 0.6) is 5.75 Å². The van der Waals surface area contributed by atoms with Crippen LogP contribution in [-0.4, -0.2) is 114 Å². The van der Waals surface area contributed by atoms with Gasteiger partial charge in [-0.3, -0.25) is 29.5 Å². The van der Waals surface area contributed by atoms with Gasteiger partial charge in [-0.1, -0.05) is 49.9 Å². The number of rotatable bonds is 11. The summed E-state index contributed by atoms with van der Waals surface area (Å²) in [7, 11) is 1.36. The predicted molar refractivity (Wildman–Crippen MR) is 226 cm³/mol. The Morgan fingerprint density at radius 2 is 1.70 bits per heavy atom. The van der Waals surface area contributed by atoms with Crippen molar-refractivity contribution in [3.63, 3.8) is 0 Å². The number of methoxy groups -OCH3 is 1. The largest absolute Gasteiger partial charge is 0.494 e. The topological polar surface area (TPSA) is 135 Å². The maximum absolute atomic E-state index is 13.1. The first-order valence-electron chi connectivity index (χ1n) is 19.6. The number of carbonyl (C=O) groups excluding carboxylic acids is 3. The zero-order valence-electron chi connectivity index (χ0n) is 32.6. The molecule has 1 aromatic heterocycles. The van der Waals surface area contributed by atoms with E-state index in [0.717, 1.165) is 81.3 Å². The van der Waals surface area contributed by atoms with Crippen molar-refractivity contribution < 1.29 is 19.1 Å². The van der Waals surface area contributed by atoms with E-state index >= 15 is 0 Å². The molecule has 5 heterocycles. The number of piperidine rings is 2. The molecular formula is C42H49ClN9O4P. The standard InChI is InChI=1S/C42H49ClN9O4P/c1-56-36-23-30(9-11-33(36)46-42-44-24-32(43)39(48-42)45-34-6-4-5-7-37(34)57(2)3)50-16-14-29(15-17-50)51-20-18-49(19-21-51)25-27-8-10-31-28(22-27)26-52(41(31)55)35-12-13-38(53)47-40(35)54/h4-11,22-24,29,35H,12-21,25-26H2,1-3H3,(H,47,53,54)(H2,44,45,46,48). The van der Waals surface area contributed by atoms with Gasteiger partial charge in [-0.25, -0.2) is 4.98 Å². The van der Waals surface area contributed by atoms with Crippen molar-refractivity contribution >= 4 is 71.4 Å². The van der Waals surface area contributed by atoms with Gasteiger partial charge in [0.15, 0.2) is 5.82 Å². The fourth-order valence-corrected chi connectivity index (χ4v) is 9.61. The third-order valence-electron chi connectivity index (χ3n) is 11.6. The van der Waals surface area contributed by atoms with Crippen LogP contribution >= 0.6 is 19.5 Å². The summed E-state index contributed by atoms with van der Waals surface area (Å²) in [6, 6.07) is 20.5. The highest BCUT2D eigenvalue weighted by Gasteiger charge is 2.39. The Morgan fingerprint density at radius 3 is 2.46 bits per heavy atom. The van der Waals surface area contributed by atoms with E-state index in [2.05, 4.69) is 73.2 Å². The number of halogens is 1. The van der Waals surface area contributed by atoms with Crippen molar-refractivity contribution in [1.29, 1.82) is 0 Å². The molecule has 3 fully saturated rings. The lowest BCUT2D eigenvalue weighted by molar-refractivity contribution is -0.136. The molecule has 0 bridgehead atoms. The van der Waals surface area contributed by atoms with Gasteiger partial charge < -0.3 is 25.2 Å². The lowest BCUT2D eigenvalue weighted by Crippen LogP contribution is -2.53. The fraction of sp³-hybridized carbons (Fsp3) is 0.405. The molecular weight excluding hydrogens is 761 g/mol. The van der Waals surface area contributed by atoms with Gasteiger partial charge in [-0.2, -0.15) is 4.98 Å². The molecule has 4 aliphatic heterocycles. The van der Waals surface area contributed by atoms with Crippen LogP contribution in [0.15, 0.2) is 66.9 Å². The van der Waals surface area contributed by atoms with Crippen LogP contribution in [0.1, 0.15) is 47.2 Å². The summed E-state index contributed by atoms with van der Waals surface area (Å²) in [5.74, 6) is 0.894. The van der Waals surface area contributed by atoms with Gasteiger partial charge >= 0.3 is 0 Å². The average Bonchev–Trinajstić information content (AvgIpc) is 3.54. The average molecular weight is 810 g/mol. The van der Waals surface area contributed by atoms with Crippen molar-refractivity contribution in [2.45, 2.75) is 50.9 Å². The van der Waals surface area contributed by atoms with Gasteiger partial charge in [0, 0.05) is 87.8 Å². The Hall–Kier alpha value is -4.81. The molecule has 0 spiro atoms. The summed E-state index contributed by atoms with van der Waals surface area (Å²) in [5, 5.41) is 10.8. The molecule has 13 nitrogen and oxygen atoms in total. The lowest BCUT2D eigenvalue weighted by atomic mass is 10.0. The Morgan fingerprint density at radius 1 is 0.912 bits per heavy atom.